The van der Waals surface area contributed by atoms with Crippen molar-refractivity contribution in [2.24, 2.45) is 0 Å². The molecule has 0 saturated heterocycles. The number of hydrogen-bond donors (Lipinski definition) is 2. The van der Waals surface area contributed by atoms with Gasteiger partial charge in [0, 0.05) is 24.2 Å². The summed E-state index contributed by atoms with van der Waals surface area (Å²) in [6.07, 6.45) is 3.03. The van der Waals surface area contributed by atoms with Crippen molar-refractivity contribution in [2.45, 2.75) is 26.6 Å². The van der Waals surface area contributed by atoms with Crippen LogP contribution in [-0.2, 0) is 13.1 Å². The normalized spacial score (nSPS) is 10.5. The first-order valence-electron chi connectivity index (χ1n) is 6.61. The van der Waals surface area contributed by atoms with Gasteiger partial charge in [-0.05, 0) is 19.1 Å². The second-order valence-corrected chi connectivity index (χ2v) is 4.66. The fraction of sp³-hybridized carbons (Fsp3) is 0.267. The SMILES string of the molecule is Cc1ccc(OC(F)F)c(CNC(=O)NCc2ccoc2)c1. The molecule has 0 aliphatic carbocycles. The first kappa shape index (κ1) is 15.8. The first-order valence-corrected chi connectivity index (χ1v) is 6.61. The minimum Gasteiger partial charge on any atom is -0.472 e. The van der Waals surface area contributed by atoms with Crippen LogP contribution in [0.1, 0.15) is 16.7 Å². The van der Waals surface area contributed by atoms with E-state index in [0.29, 0.717) is 12.1 Å². The zero-order valence-electron chi connectivity index (χ0n) is 11.9. The van der Waals surface area contributed by atoms with Gasteiger partial charge in [0.05, 0.1) is 12.5 Å². The number of ether oxygens (including phenoxy) is 1. The van der Waals surface area contributed by atoms with E-state index in [-0.39, 0.29) is 12.3 Å². The third-order valence-corrected chi connectivity index (χ3v) is 2.90. The molecule has 5 nitrogen and oxygen atoms in total. The molecule has 7 heteroatoms. The van der Waals surface area contributed by atoms with E-state index in [1.165, 1.54) is 18.6 Å². The molecule has 0 atom stereocenters. The second kappa shape index (κ2) is 7.44. The molecule has 1 aromatic carbocycles. The molecule has 2 rings (SSSR count). The number of rotatable bonds is 6. The van der Waals surface area contributed by atoms with Gasteiger partial charge in [-0.15, -0.1) is 0 Å². The molecule has 0 saturated carbocycles. The van der Waals surface area contributed by atoms with Crippen molar-refractivity contribution < 1.29 is 22.7 Å². The van der Waals surface area contributed by atoms with Crippen LogP contribution in [0.5, 0.6) is 5.75 Å². The average Bonchev–Trinajstić information content (AvgIpc) is 2.98. The molecule has 118 valence electrons. The van der Waals surface area contributed by atoms with Gasteiger partial charge < -0.3 is 19.8 Å². The number of carbonyl (C=O) groups is 1. The van der Waals surface area contributed by atoms with E-state index >= 15 is 0 Å². The maximum Gasteiger partial charge on any atom is 0.387 e. The summed E-state index contributed by atoms with van der Waals surface area (Å²) in [6, 6.07) is 6.14. The predicted octanol–water partition coefficient (Wildman–Crippen LogP) is 3.19. The fourth-order valence-electron chi connectivity index (χ4n) is 1.87. The summed E-state index contributed by atoms with van der Waals surface area (Å²) in [6.45, 7) is -0.678. The van der Waals surface area contributed by atoms with Gasteiger partial charge in [0.15, 0.2) is 0 Å². The van der Waals surface area contributed by atoms with E-state index in [1.54, 1.807) is 18.2 Å². The lowest BCUT2D eigenvalue weighted by Gasteiger charge is -2.12. The van der Waals surface area contributed by atoms with Gasteiger partial charge in [-0.25, -0.2) is 4.79 Å². The molecule has 0 aliphatic heterocycles. The molecular formula is C15H16F2N2O3. The van der Waals surface area contributed by atoms with E-state index in [4.69, 9.17) is 4.42 Å². The summed E-state index contributed by atoms with van der Waals surface area (Å²) in [7, 11) is 0. The minimum atomic E-state index is -2.91. The number of carbonyl (C=O) groups excluding carboxylic acids is 1. The van der Waals surface area contributed by atoms with E-state index in [0.717, 1.165) is 11.1 Å². The van der Waals surface area contributed by atoms with Crippen LogP contribution < -0.4 is 15.4 Å². The first-order chi connectivity index (χ1) is 10.5. The molecule has 1 aromatic heterocycles. The zero-order valence-corrected chi connectivity index (χ0v) is 11.9. The molecule has 22 heavy (non-hydrogen) atoms. The molecule has 0 aliphatic rings. The van der Waals surface area contributed by atoms with Crippen molar-refractivity contribution in [1.82, 2.24) is 10.6 Å². The Bertz CT molecular complexity index is 615. The van der Waals surface area contributed by atoms with Crippen LogP contribution >= 0.6 is 0 Å². The van der Waals surface area contributed by atoms with Crippen LogP contribution in [0.25, 0.3) is 0 Å². The van der Waals surface area contributed by atoms with E-state index < -0.39 is 12.6 Å². The van der Waals surface area contributed by atoms with Crippen molar-refractivity contribution in [3.63, 3.8) is 0 Å². The number of nitrogens with one attached hydrogen (secondary N) is 2. The Balaban J connectivity index is 1.89. The highest BCUT2D eigenvalue weighted by Crippen LogP contribution is 2.21. The number of aryl methyl sites for hydroxylation is 1. The van der Waals surface area contributed by atoms with Crippen LogP contribution in [0.2, 0.25) is 0 Å². The monoisotopic (exact) mass is 310 g/mol. The lowest BCUT2D eigenvalue weighted by molar-refractivity contribution is -0.0504. The second-order valence-electron chi connectivity index (χ2n) is 4.66. The van der Waals surface area contributed by atoms with Gasteiger partial charge in [-0.2, -0.15) is 8.78 Å². The fourth-order valence-corrected chi connectivity index (χ4v) is 1.87. The molecule has 2 N–H and O–H groups in total. The van der Waals surface area contributed by atoms with Gasteiger partial charge in [0.1, 0.15) is 5.75 Å². The summed E-state index contributed by atoms with van der Waals surface area (Å²) < 4.78 is 34.0. The Morgan fingerprint density at radius 2 is 2.05 bits per heavy atom. The lowest BCUT2D eigenvalue weighted by atomic mass is 10.1. The van der Waals surface area contributed by atoms with Crippen LogP contribution in [0.15, 0.2) is 41.2 Å². The van der Waals surface area contributed by atoms with E-state index in [9.17, 15) is 13.6 Å². The van der Waals surface area contributed by atoms with Crippen LogP contribution in [0.4, 0.5) is 13.6 Å². The number of furan rings is 1. The summed E-state index contributed by atoms with van der Waals surface area (Å²) in [5.74, 6) is 0.0516. The molecule has 0 bridgehead atoms. The molecule has 0 fully saturated rings. The van der Waals surface area contributed by atoms with Crippen LogP contribution in [0.3, 0.4) is 0 Å². The minimum absolute atomic E-state index is 0.0516. The zero-order chi connectivity index (χ0) is 15.9. The average molecular weight is 310 g/mol. The Morgan fingerprint density at radius 3 is 2.73 bits per heavy atom. The van der Waals surface area contributed by atoms with Crippen molar-refractivity contribution >= 4 is 6.03 Å². The Labute approximate surface area is 126 Å². The summed E-state index contributed by atoms with van der Waals surface area (Å²) >= 11 is 0. The highest BCUT2D eigenvalue weighted by atomic mass is 19.3. The van der Waals surface area contributed by atoms with Crippen molar-refractivity contribution in [1.29, 1.82) is 0 Å². The summed E-state index contributed by atoms with van der Waals surface area (Å²) in [4.78, 5) is 11.7. The largest absolute Gasteiger partial charge is 0.472 e. The van der Waals surface area contributed by atoms with Gasteiger partial charge in [0.25, 0.3) is 0 Å². The summed E-state index contributed by atoms with van der Waals surface area (Å²) in [5.41, 5.74) is 2.20. The van der Waals surface area contributed by atoms with Gasteiger partial charge in [-0.3, -0.25) is 0 Å². The smallest absolute Gasteiger partial charge is 0.387 e. The Morgan fingerprint density at radius 1 is 1.27 bits per heavy atom. The molecular weight excluding hydrogens is 294 g/mol. The molecule has 2 amide bonds. The number of benzene rings is 1. The van der Waals surface area contributed by atoms with Crippen LogP contribution in [0, 0.1) is 6.92 Å². The third-order valence-electron chi connectivity index (χ3n) is 2.90. The highest BCUT2D eigenvalue weighted by molar-refractivity contribution is 5.73. The number of hydrogen-bond acceptors (Lipinski definition) is 3. The molecule has 0 unspecified atom stereocenters. The number of halogens is 2. The number of amides is 2. The summed E-state index contributed by atoms with van der Waals surface area (Å²) in [5, 5.41) is 5.23. The third kappa shape index (κ3) is 4.76. The number of alkyl halides is 2. The van der Waals surface area contributed by atoms with E-state index in [1.807, 2.05) is 6.92 Å². The van der Waals surface area contributed by atoms with E-state index in [2.05, 4.69) is 15.4 Å². The predicted molar refractivity (Wildman–Crippen MR) is 75.6 cm³/mol. The number of urea groups is 1. The molecule has 2 aromatic rings. The molecule has 1 heterocycles. The molecule has 0 spiro atoms. The van der Waals surface area contributed by atoms with Gasteiger partial charge in [0.2, 0.25) is 0 Å². The Kier molecular flexibility index (Phi) is 5.35. The van der Waals surface area contributed by atoms with Crippen molar-refractivity contribution in [3.8, 4) is 5.75 Å². The quantitative estimate of drug-likeness (QED) is 0.861. The van der Waals surface area contributed by atoms with Crippen molar-refractivity contribution in [3.05, 3.63) is 53.5 Å². The highest BCUT2D eigenvalue weighted by Gasteiger charge is 2.11. The van der Waals surface area contributed by atoms with Crippen LogP contribution in [-0.4, -0.2) is 12.6 Å². The standard InChI is InChI=1S/C15H16F2N2O3/c1-10-2-3-13(22-14(16)17)12(6-10)8-19-15(20)18-7-11-4-5-21-9-11/h2-6,9,14H,7-8H2,1H3,(H2,18,19,20). The lowest BCUT2D eigenvalue weighted by Crippen LogP contribution is -2.34. The Hall–Kier alpha value is -2.57. The topological polar surface area (TPSA) is 63.5 Å². The maximum absolute atomic E-state index is 12.3. The molecule has 0 radical (unpaired) electrons. The van der Waals surface area contributed by atoms with Crippen molar-refractivity contribution in [2.75, 3.05) is 0 Å². The van der Waals surface area contributed by atoms with Gasteiger partial charge >= 0.3 is 12.6 Å². The maximum atomic E-state index is 12.3. The van der Waals surface area contributed by atoms with Gasteiger partial charge in [-0.1, -0.05) is 17.7 Å².